The van der Waals surface area contributed by atoms with E-state index in [0.29, 0.717) is 12.6 Å². The summed E-state index contributed by atoms with van der Waals surface area (Å²) in [6.07, 6.45) is 2.38. The molecule has 110 valence electrons. The maximum Gasteiger partial charge on any atom is 0.451 e. The summed E-state index contributed by atoms with van der Waals surface area (Å²) in [4.78, 5) is 0. The van der Waals surface area contributed by atoms with Gasteiger partial charge in [0.2, 0.25) is 0 Å². The molecule has 0 heterocycles. The molecule has 20 heavy (non-hydrogen) atoms. The zero-order valence-corrected chi connectivity index (χ0v) is 13.1. The van der Waals surface area contributed by atoms with E-state index < -0.39 is 22.3 Å². The van der Waals surface area contributed by atoms with Crippen LogP contribution in [0.15, 0.2) is 30.3 Å². The van der Waals surface area contributed by atoms with E-state index in [1.54, 1.807) is 0 Å². The highest BCUT2D eigenvalue weighted by Gasteiger charge is 2.29. The van der Waals surface area contributed by atoms with E-state index in [-0.39, 0.29) is 0 Å². The van der Waals surface area contributed by atoms with Crippen molar-refractivity contribution in [3.05, 3.63) is 30.3 Å². The SMILES string of the molecule is C[Si](CCCB(O)O)(CCCB(O)O)c1ccccc1. The minimum absolute atomic E-state index is 0.401. The Bertz CT molecular complexity index is 362. The minimum Gasteiger partial charge on any atom is -0.427 e. The van der Waals surface area contributed by atoms with Gasteiger partial charge in [0.1, 0.15) is 0 Å². The Labute approximate surface area is 122 Å². The average molecular weight is 294 g/mol. The lowest BCUT2D eigenvalue weighted by molar-refractivity contribution is 0.403. The summed E-state index contributed by atoms with van der Waals surface area (Å²) in [6, 6.07) is 12.3. The summed E-state index contributed by atoms with van der Waals surface area (Å²) in [5, 5.41) is 37.2. The molecular weight excluding hydrogens is 270 g/mol. The first-order chi connectivity index (χ1) is 9.44. The van der Waals surface area contributed by atoms with Gasteiger partial charge in [0, 0.05) is 0 Å². The number of rotatable bonds is 9. The molecule has 0 bridgehead atoms. The van der Waals surface area contributed by atoms with Crippen molar-refractivity contribution in [2.45, 2.75) is 44.1 Å². The molecule has 7 heteroatoms. The summed E-state index contributed by atoms with van der Waals surface area (Å²) in [7, 11) is -4.17. The highest BCUT2D eigenvalue weighted by molar-refractivity contribution is 6.90. The van der Waals surface area contributed by atoms with Crippen molar-refractivity contribution in [3.8, 4) is 0 Å². The lowest BCUT2D eigenvalue weighted by atomic mass is 9.85. The van der Waals surface area contributed by atoms with Crippen LogP contribution in [0, 0.1) is 0 Å². The fraction of sp³-hybridized carbons (Fsp3) is 0.538. The molecule has 1 aromatic rings. The molecule has 1 rings (SSSR count). The third-order valence-corrected chi connectivity index (χ3v) is 8.49. The standard InChI is InChI=1S/C13H24B2O4Si/c1-20(11-5-9-14(16)17,12-6-10-15(18)19)13-7-3-2-4-8-13/h2-4,7-8,16-19H,5-6,9-12H2,1H3. The van der Waals surface area contributed by atoms with Crippen LogP contribution in [0.4, 0.5) is 0 Å². The van der Waals surface area contributed by atoms with Crippen LogP contribution in [0.1, 0.15) is 12.8 Å². The van der Waals surface area contributed by atoms with Gasteiger partial charge >= 0.3 is 14.2 Å². The number of hydrogen-bond donors (Lipinski definition) is 4. The molecule has 0 aliphatic carbocycles. The molecule has 0 atom stereocenters. The van der Waals surface area contributed by atoms with Gasteiger partial charge in [-0.05, 0) is 12.6 Å². The van der Waals surface area contributed by atoms with Gasteiger partial charge < -0.3 is 20.1 Å². The van der Waals surface area contributed by atoms with Gasteiger partial charge in [0.25, 0.3) is 0 Å². The molecular formula is C13H24B2O4Si. The second-order valence-corrected chi connectivity index (χ2v) is 10.4. The number of benzene rings is 1. The predicted molar refractivity (Wildman–Crippen MR) is 86.5 cm³/mol. The zero-order chi connectivity index (χ0) is 15.0. The van der Waals surface area contributed by atoms with Gasteiger partial charge in [0.15, 0.2) is 0 Å². The second kappa shape index (κ2) is 8.64. The van der Waals surface area contributed by atoms with Crippen molar-refractivity contribution in [2.24, 2.45) is 0 Å². The summed E-state index contributed by atoms with van der Waals surface area (Å²) >= 11 is 0. The van der Waals surface area contributed by atoms with Crippen molar-refractivity contribution in [1.82, 2.24) is 0 Å². The molecule has 1 aromatic carbocycles. The lowest BCUT2D eigenvalue weighted by Crippen LogP contribution is -2.44. The van der Waals surface area contributed by atoms with E-state index in [0.717, 1.165) is 24.9 Å². The quantitative estimate of drug-likeness (QED) is 0.505. The van der Waals surface area contributed by atoms with Crippen LogP contribution >= 0.6 is 0 Å². The molecule has 0 aliphatic heterocycles. The first-order valence-corrected chi connectivity index (χ1v) is 10.1. The highest BCUT2D eigenvalue weighted by Crippen LogP contribution is 2.22. The third kappa shape index (κ3) is 6.24. The van der Waals surface area contributed by atoms with Crippen molar-refractivity contribution >= 4 is 27.5 Å². The maximum atomic E-state index is 8.97. The van der Waals surface area contributed by atoms with E-state index in [1.165, 1.54) is 5.19 Å². The Hall–Kier alpha value is -0.593. The molecule has 0 saturated heterocycles. The monoisotopic (exact) mass is 294 g/mol. The van der Waals surface area contributed by atoms with E-state index in [4.69, 9.17) is 20.1 Å². The van der Waals surface area contributed by atoms with Gasteiger partial charge in [0.05, 0.1) is 8.07 Å². The molecule has 0 spiro atoms. The first kappa shape index (κ1) is 17.5. The van der Waals surface area contributed by atoms with Crippen molar-refractivity contribution in [1.29, 1.82) is 0 Å². The van der Waals surface area contributed by atoms with Crippen molar-refractivity contribution in [3.63, 3.8) is 0 Å². The topological polar surface area (TPSA) is 80.9 Å². The largest absolute Gasteiger partial charge is 0.451 e. The molecule has 0 radical (unpaired) electrons. The molecule has 4 nitrogen and oxygen atoms in total. The summed E-state index contributed by atoms with van der Waals surface area (Å²) in [6.45, 7) is 2.29. The molecule has 0 aliphatic rings. The summed E-state index contributed by atoms with van der Waals surface area (Å²) in [5.41, 5.74) is 0. The third-order valence-electron chi connectivity index (χ3n) is 3.85. The Morgan fingerprint density at radius 3 is 1.70 bits per heavy atom. The zero-order valence-electron chi connectivity index (χ0n) is 12.1. The molecule has 0 unspecified atom stereocenters. The smallest absolute Gasteiger partial charge is 0.427 e. The fourth-order valence-electron chi connectivity index (χ4n) is 2.60. The average Bonchev–Trinajstić information content (AvgIpc) is 2.39. The van der Waals surface area contributed by atoms with Gasteiger partial charge in [-0.2, -0.15) is 0 Å². The van der Waals surface area contributed by atoms with E-state index in [2.05, 4.69) is 18.7 Å². The minimum atomic E-state index is -1.70. The Kier molecular flexibility index (Phi) is 7.54. The van der Waals surface area contributed by atoms with Gasteiger partial charge in [-0.15, -0.1) is 0 Å². The van der Waals surface area contributed by atoms with Gasteiger partial charge in [-0.1, -0.05) is 67.0 Å². The second-order valence-electron chi connectivity index (χ2n) is 5.67. The van der Waals surface area contributed by atoms with Crippen molar-refractivity contribution < 1.29 is 20.1 Å². The van der Waals surface area contributed by atoms with Crippen LogP contribution in [0.5, 0.6) is 0 Å². The van der Waals surface area contributed by atoms with Crippen LogP contribution < -0.4 is 5.19 Å². The molecule has 4 N–H and O–H groups in total. The highest BCUT2D eigenvalue weighted by atomic mass is 28.3. The predicted octanol–water partition coefficient (Wildman–Crippen LogP) is 0.698. The van der Waals surface area contributed by atoms with Crippen LogP contribution in [0.3, 0.4) is 0 Å². The first-order valence-electron chi connectivity index (χ1n) is 7.22. The van der Waals surface area contributed by atoms with E-state index in [1.807, 2.05) is 18.2 Å². The summed E-state index contributed by atoms with van der Waals surface area (Å²) < 4.78 is 0. The van der Waals surface area contributed by atoms with Crippen molar-refractivity contribution in [2.75, 3.05) is 0 Å². The van der Waals surface area contributed by atoms with Crippen LogP contribution in [0.2, 0.25) is 31.3 Å². The summed E-state index contributed by atoms with van der Waals surface area (Å²) in [5.74, 6) is 0. The van der Waals surface area contributed by atoms with E-state index in [9.17, 15) is 0 Å². The van der Waals surface area contributed by atoms with Crippen LogP contribution in [-0.2, 0) is 0 Å². The van der Waals surface area contributed by atoms with Gasteiger partial charge in [-0.25, -0.2) is 0 Å². The van der Waals surface area contributed by atoms with Crippen LogP contribution in [-0.4, -0.2) is 42.4 Å². The normalized spacial score (nSPS) is 11.4. The Morgan fingerprint density at radius 1 is 0.850 bits per heavy atom. The molecule has 0 saturated carbocycles. The Balaban J connectivity index is 2.67. The molecule has 0 amide bonds. The molecule has 0 fully saturated rings. The van der Waals surface area contributed by atoms with E-state index >= 15 is 0 Å². The van der Waals surface area contributed by atoms with Gasteiger partial charge in [-0.3, -0.25) is 0 Å². The lowest BCUT2D eigenvalue weighted by Gasteiger charge is -2.28. The number of hydrogen-bond acceptors (Lipinski definition) is 4. The van der Waals surface area contributed by atoms with Crippen LogP contribution in [0.25, 0.3) is 0 Å². The molecule has 0 aromatic heterocycles. The Morgan fingerprint density at radius 2 is 1.30 bits per heavy atom. The maximum absolute atomic E-state index is 8.97. The fourth-order valence-corrected chi connectivity index (χ4v) is 6.40.